The smallest absolute Gasteiger partial charge is 0.158 e. The standard InChI is InChI=1S/C24H24ClFN4S2/c1-31-18-3-2-4-19(21(18)25)32-23-22(27)29-20(14-28-23)30-9-7-24(8-10-30)12-15-5-6-17(26)11-16(15)13-24/h2-6,11,14H,7-10,12-13H2,1H3,(H2,27,29). The van der Waals surface area contributed by atoms with Crippen LogP contribution in [0.3, 0.4) is 0 Å². The van der Waals surface area contributed by atoms with Gasteiger partial charge in [0.2, 0.25) is 0 Å². The molecular formula is C24H24ClFN4S2. The Morgan fingerprint density at radius 1 is 1.09 bits per heavy atom. The van der Waals surface area contributed by atoms with Crippen molar-refractivity contribution >= 4 is 46.8 Å². The van der Waals surface area contributed by atoms with Gasteiger partial charge in [-0.05, 0) is 72.7 Å². The molecule has 5 rings (SSSR count). The first kappa shape index (κ1) is 21.9. The second-order valence-corrected chi connectivity index (χ2v) is 10.8. The molecule has 1 aliphatic heterocycles. The third-order valence-electron chi connectivity index (χ3n) is 6.55. The number of rotatable bonds is 4. The van der Waals surface area contributed by atoms with Crippen molar-refractivity contribution in [3.05, 3.63) is 64.6 Å². The number of nitrogens with two attached hydrogens (primary N) is 1. The number of nitrogen functional groups attached to an aromatic ring is 1. The van der Waals surface area contributed by atoms with Crippen LogP contribution in [-0.2, 0) is 12.8 Å². The molecule has 1 fully saturated rings. The summed E-state index contributed by atoms with van der Waals surface area (Å²) in [5.74, 6) is 1.10. The van der Waals surface area contributed by atoms with E-state index in [1.54, 1.807) is 23.9 Å². The summed E-state index contributed by atoms with van der Waals surface area (Å²) >= 11 is 9.56. The first-order chi connectivity index (χ1) is 15.5. The zero-order valence-corrected chi connectivity index (χ0v) is 20.2. The summed E-state index contributed by atoms with van der Waals surface area (Å²) in [6, 6.07) is 11.2. The average Bonchev–Trinajstić information content (AvgIpc) is 3.13. The maximum Gasteiger partial charge on any atom is 0.158 e. The Kier molecular flexibility index (Phi) is 5.99. The molecule has 0 radical (unpaired) electrons. The van der Waals surface area contributed by atoms with E-state index in [9.17, 15) is 4.39 Å². The van der Waals surface area contributed by atoms with Gasteiger partial charge in [0, 0.05) is 22.9 Å². The van der Waals surface area contributed by atoms with E-state index in [0.29, 0.717) is 15.9 Å². The molecule has 32 heavy (non-hydrogen) atoms. The van der Waals surface area contributed by atoms with Crippen LogP contribution >= 0.6 is 35.1 Å². The zero-order chi connectivity index (χ0) is 22.3. The minimum atomic E-state index is -0.136. The predicted octanol–water partition coefficient (Wildman–Crippen LogP) is 6.11. The number of nitrogens with zero attached hydrogens (tertiary/aromatic N) is 3. The molecule has 3 aromatic rings. The van der Waals surface area contributed by atoms with Crippen molar-refractivity contribution in [2.75, 3.05) is 30.0 Å². The highest BCUT2D eigenvalue weighted by molar-refractivity contribution is 8.00. The van der Waals surface area contributed by atoms with Crippen LogP contribution in [0.5, 0.6) is 0 Å². The number of thioether (sulfide) groups is 1. The summed E-state index contributed by atoms with van der Waals surface area (Å²) in [6.07, 6.45) is 7.92. The fourth-order valence-electron chi connectivity index (χ4n) is 4.81. The summed E-state index contributed by atoms with van der Waals surface area (Å²) < 4.78 is 13.6. The molecule has 8 heteroatoms. The van der Waals surface area contributed by atoms with Gasteiger partial charge in [-0.1, -0.05) is 35.5 Å². The molecule has 1 aliphatic carbocycles. The van der Waals surface area contributed by atoms with E-state index in [4.69, 9.17) is 17.3 Å². The maximum absolute atomic E-state index is 13.6. The molecule has 2 heterocycles. The summed E-state index contributed by atoms with van der Waals surface area (Å²) in [5.41, 5.74) is 8.99. The van der Waals surface area contributed by atoms with E-state index in [1.165, 1.54) is 22.9 Å². The Labute approximate surface area is 201 Å². The van der Waals surface area contributed by atoms with Crippen LogP contribution in [0.4, 0.5) is 16.0 Å². The van der Waals surface area contributed by atoms with Gasteiger partial charge in [0.1, 0.15) is 16.7 Å². The third kappa shape index (κ3) is 4.18. The van der Waals surface area contributed by atoms with Crippen LogP contribution in [0.15, 0.2) is 57.4 Å². The van der Waals surface area contributed by atoms with Crippen molar-refractivity contribution < 1.29 is 4.39 Å². The number of aromatic nitrogens is 2. The number of halogens is 2. The summed E-state index contributed by atoms with van der Waals surface area (Å²) in [4.78, 5) is 13.5. The third-order valence-corrected chi connectivity index (χ3v) is 9.03. The van der Waals surface area contributed by atoms with Gasteiger partial charge >= 0.3 is 0 Å². The van der Waals surface area contributed by atoms with Crippen LogP contribution in [0.25, 0.3) is 0 Å². The minimum absolute atomic E-state index is 0.136. The predicted molar refractivity (Wildman–Crippen MR) is 131 cm³/mol. The molecule has 2 aliphatic rings. The number of benzene rings is 2. The molecule has 1 aromatic heterocycles. The lowest BCUT2D eigenvalue weighted by molar-refractivity contribution is 0.232. The van der Waals surface area contributed by atoms with Gasteiger partial charge in [-0.3, -0.25) is 0 Å². The van der Waals surface area contributed by atoms with E-state index in [-0.39, 0.29) is 11.2 Å². The SMILES string of the molecule is CSc1cccc(Sc2ncc(N3CCC4(CC3)Cc3ccc(F)cc3C4)nc2N)c1Cl. The largest absolute Gasteiger partial charge is 0.381 e. The molecular weight excluding hydrogens is 463 g/mol. The molecule has 0 bridgehead atoms. The minimum Gasteiger partial charge on any atom is -0.381 e. The van der Waals surface area contributed by atoms with E-state index >= 15 is 0 Å². The van der Waals surface area contributed by atoms with Gasteiger partial charge in [0.05, 0.1) is 11.2 Å². The van der Waals surface area contributed by atoms with Crippen LogP contribution in [-0.4, -0.2) is 29.3 Å². The fraction of sp³-hybridized carbons (Fsp3) is 0.333. The first-order valence-electron chi connectivity index (χ1n) is 10.6. The fourth-order valence-corrected chi connectivity index (χ4v) is 6.66. The van der Waals surface area contributed by atoms with Crippen LogP contribution in [0.1, 0.15) is 24.0 Å². The Balaban J connectivity index is 1.27. The molecule has 1 spiro atoms. The molecule has 166 valence electrons. The van der Waals surface area contributed by atoms with Crippen molar-refractivity contribution in [3.63, 3.8) is 0 Å². The van der Waals surface area contributed by atoms with Crippen LogP contribution in [0.2, 0.25) is 5.02 Å². The highest BCUT2D eigenvalue weighted by atomic mass is 35.5. The number of fused-ring (bicyclic) bond motifs is 1. The second-order valence-electron chi connectivity index (χ2n) is 8.55. The lowest BCUT2D eigenvalue weighted by Gasteiger charge is -2.39. The molecule has 2 aromatic carbocycles. The van der Waals surface area contributed by atoms with Crippen molar-refractivity contribution in [3.8, 4) is 0 Å². The highest BCUT2D eigenvalue weighted by Crippen LogP contribution is 2.45. The van der Waals surface area contributed by atoms with Crippen molar-refractivity contribution in [2.45, 2.75) is 40.5 Å². The topological polar surface area (TPSA) is 55.0 Å². The van der Waals surface area contributed by atoms with E-state index in [1.807, 2.05) is 36.7 Å². The molecule has 0 unspecified atom stereocenters. The molecule has 0 saturated carbocycles. The van der Waals surface area contributed by atoms with Gasteiger partial charge in [-0.15, -0.1) is 11.8 Å². The Morgan fingerprint density at radius 3 is 2.59 bits per heavy atom. The lowest BCUT2D eigenvalue weighted by Crippen LogP contribution is -2.41. The van der Waals surface area contributed by atoms with Crippen molar-refractivity contribution in [1.82, 2.24) is 9.97 Å². The van der Waals surface area contributed by atoms with E-state index in [2.05, 4.69) is 14.9 Å². The van der Waals surface area contributed by atoms with Crippen molar-refractivity contribution in [1.29, 1.82) is 0 Å². The number of hydrogen-bond donors (Lipinski definition) is 1. The molecule has 2 N–H and O–H groups in total. The quantitative estimate of drug-likeness (QED) is 0.449. The van der Waals surface area contributed by atoms with E-state index < -0.39 is 0 Å². The van der Waals surface area contributed by atoms with Crippen molar-refractivity contribution in [2.24, 2.45) is 5.41 Å². The van der Waals surface area contributed by atoms with Gasteiger partial charge in [-0.2, -0.15) is 0 Å². The zero-order valence-electron chi connectivity index (χ0n) is 17.8. The number of piperidine rings is 1. The number of hydrogen-bond acceptors (Lipinski definition) is 6. The molecule has 1 saturated heterocycles. The first-order valence-corrected chi connectivity index (χ1v) is 13.0. The Bertz CT molecular complexity index is 1160. The average molecular weight is 487 g/mol. The van der Waals surface area contributed by atoms with Gasteiger partial charge in [-0.25, -0.2) is 14.4 Å². The Hall–Kier alpha value is -1.96. The molecule has 4 nitrogen and oxygen atoms in total. The molecule has 0 amide bonds. The summed E-state index contributed by atoms with van der Waals surface area (Å²) in [6.45, 7) is 1.80. The second kappa shape index (κ2) is 8.76. The van der Waals surface area contributed by atoms with Gasteiger partial charge in [0.15, 0.2) is 5.82 Å². The van der Waals surface area contributed by atoms with Crippen LogP contribution in [0, 0.1) is 11.2 Å². The van der Waals surface area contributed by atoms with Gasteiger partial charge < -0.3 is 10.6 Å². The monoisotopic (exact) mass is 486 g/mol. The maximum atomic E-state index is 13.6. The lowest BCUT2D eigenvalue weighted by atomic mass is 9.76. The van der Waals surface area contributed by atoms with E-state index in [0.717, 1.165) is 54.4 Å². The van der Waals surface area contributed by atoms with Gasteiger partial charge in [0.25, 0.3) is 0 Å². The van der Waals surface area contributed by atoms with Crippen LogP contribution < -0.4 is 10.6 Å². The Morgan fingerprint density at radius 2 is 1.84 bits per heavy atom. The number of anilines is 2. The normalized spacial score (nSPS) is 17.0. The highest BCUT2D eigenvalue weighted by Gasteiger charge is 2.40. The molecule has 0 atom stereocenters. The summed E-state index contributed by atoms with van der Waals surface area (Å²) in [7, 11) is 0. The summed E-state index contributed by atoms with van der Waals surface area (Å²) in [5, 5.41) is 1.38.